The lowest BCUT2D eigenvalue weighted by molar-refractivity contribution is 0.0766. The van der Waals surface area contributed by atoms with E-state index in [1.165, 1.54) is 0 Å². The van der Waals surface area contributed by atoms with Gasteiger partial charge in [-0.05, 0) is 68.3 Å². The summed E-state index contributed by atoms with van der Waals surface area (Å²) in [6.07, 6.45) is 0.930. The van der Waals surface area contributed by atoms with Gasteiger partial charge in [-0.2, -0.15) is 0 Å². The molecule has 28 heavy (non-hydrogen) atoms. The van der Waals surface area contributed by atoms with Crippen LogP contribution in [0.3, 0.4) is 0 Å². The third-order valence-electron chi connectivity index (χ3n) is 4.64. The molecule has 3 rings (SSSR count). The van der Waals surface area contributed by atoms with Gasteiger partial charge in [-0.15, -0.1) is 12.4 Å². The summed E-state index contributed by atoms with van der Waals surface area (Å²) in [4.78, 5) is 14.7. The minimum atomic E-state index is -3.68. The summed E-state index contributed by atoms with van der Waals surface area (Å²) in [5, 5.41) is 3.27. The number of nitrogens with one attached hydrogen (secondary N) is 2. The van der Waals surface area contributed by atoms with E-state index < -0.39 is 10.0 Å². The second-order valence-electron chi connectivity index (χ2n) is 6.85. The highest BCUT2D eigenvalue weighted by molar-refractivity contribution is 7.92. The van der Waals surface area contributed by atoms with Crippen LogP contribution >= 0.6 is 12.4 Å². The van der Waals surface area contributed by atoms with E-state index in [0.717, 1.165) is 31.6 Å². The highest BCUT2D eigenvalue weighted by Crippen LogP contribution is 2.21. The summed E-state index contributed by atoms with van der Waals surface area (Å²) in [5.74, 6) is -0.0253. The zero-order chi connectivity index (χ0) is 19.4. The molecule has 2 N–H and O–H groups in total. The van der Waals surface area contributed by atoms with E-state index in [1.807, 2.05) is 17.9 Å². The minimum absolute atomic E-state index is 0. The molecule has 1 saturated heterocycles. The molecule has 1 heterocycles. The van der Waals surface area contributed by atoms with Gasteiger partial charge in [0.15, 0.2) is 0 Å². The number of halogens is 1. The Morgan fingerprint density at radius 2 is 1.75 bits per heavy atom. The first-order chi connectivity index (χ1) is 12.9. The van der Waals surface area contributed by atoms with Crippen molar-refractivity contribution in [2.45, 2.75) is 25.2 Å². The largest absolute Gasteiger partial charge is 0.337 e. The van der Waals surface area contributed by atoms with Crippen molar-refractivity contribution in [3.63, 3.8) is 0 Å². The normalized spacial score (nSPS) is 14.7. The molecule has 0 spiro atoms. The lowest BCUT2D eigenvalue weighted by atomic mass is 10.2. The maximum Gasteiger partial charge on any atom is 0.262 e. The second-order valence-corrected chi connectivity index (χ2v) is 8.50. The first-order valence-corrected chi connectivity index (χ1v) is 10.6. The molecule has 8 heteroatoms. The third-order valence-corrected chi connectivity index (χ3v) is 6.17. The molecule has 0 atom stereocenters. The molecular weight excluding hydrogens is 398 g/mol. The molecule has 1 fully saturated rings. The topological polar surface area (TPSA) is 78.5 Å². The minimum Gasteiger partial charge on any atom is -0.337 e. The van der Waals surface area contributed by atoms with E-state index in [0.29, 0.717) is 23.4 Å². The molecule has 6 nitrogen and oxygen atoms in total. The van der Waals surface area contributed by atoms with Crippen molar-refractivity contribution in [1.82, 2.24) is 10.2 Å². The van der Waals surface area contributed by atoms with Gasteiger partial charge in [0.1, 0.15) is 0 Å². The van der Waals surface area contributed by atoms with Crippen molar-refractivity contribution in [3.8, 4) is 0 Å². The Morgan fingerprint density at radius 3 is 2.46 bits per heavy atom. The maximum atomic E-state index is 12.7. The summed E-state index contributed by atoms with van der Waals surface area (Å²) >= 11 is 0. The van der Waals surface area contributed by atoms with Crippen LogP contribution in [0, 0.1) is 13.8 Å². The van der Waals surface area contributed by atoms with Gasteiger partial charge in [0.05, 0.1) is 4.90 Å². The summed E-state index contributed by atoms with van der Waals surface area (Å²) in [6.45, 7) is 6.75. The molecule has 152 valence electrons. The molecule has 1 amide bonds. The van der Waals surface area contributed by atoms with Crippen LogP contribution in [0.1, 0.15) is 27.9 Å². The number of carbonyl (C=O) groups is 1. The molecule has 2 aromatic carbocycles. The van der Waals surface area contributed by atoms with Crippen molar-refractivity contribution in [1.29, 1.82) is 0 Å². The first-order valence-electron chi connectivity index (χ1n) is 9.07. The maximum absolute atomic E-state index is 12.7. The Balaban J connectivity index is 0.00000280. The van der Waals surface area contributed by atoms with Gasteiger partial charge in [0.25, 0.3) is 15.9 Å². The highest BCUT2D eigenvalue weighted by atomic mass is 35.5. The molecule has 0 radical (unpaired) electrons. The predicted octanol–water partition coefficient (Wildman–Crippen LogP) is 2.96. The zero-order valence-corrected chi connectivity index (χ0v) is 17.7. The monoisotopic (exact) mass is 423 g/mol. The lowest BCUT2D eigenvalue weighted by Gasteiger charge is -2.20. The fraction of sp³-hybridized carbons (Fsp3) is 0.350. The van der Waals surface area contributed by atoms with Crippen LogP contribution < -0.4 is 10.0 Å². The molecular formula is C20H26ClN3O3S. The van der Waals surface area contributed by atoms with Crippen molar-refractivity contribution in [2.75, 3.05) is 30.9 Å². The quantitative estimate of drug-likeness (QED) is 0.792. The van der Waals surface area contributed by atoms with Gasteiger partial charge in [-0.25, -0.2) is 8.42 Å². The van der Waals surface area contributed by atoms with Gasteiger partial charge in [0.2, 0.25) is 0 Å². The summed E-state index contributed by atoms with van der Waals surface area (Å²) in [5.41, 5.74) is 2.57. The number of rotatable bonds is 4. The Bertz CT molecular complexity index is 922. The number of sulfonamides is 1. The van der Waals surface area contributed by atoms with Crippen LogP contribution in [0.5, 0.6) is 0 Å². The van der Waals surface area contributed by atoms with E-state index >= 15 is 0 Å². The Labute approximate surface area is 172 Å². The number of anilines is 1. The molecule has 2 aromatic rings. The van der Waals surface area contributed by atoms with Crippen LogP contribution in [0.25, 0.3) is 0 Å². The number of hydrogen-bond donors (Lipinski definition) is 2. The molecule has 0 saturated carbocycles. The number of amides is 1. The number of benzene rings is 2. The number of hydrogen-bond acceptors (Lipinski definition) is 4. The fourth-order valence-electron chi connectivity index (χ4n) is 3.12. The van der Waals surface area contributed by atoms with Crippen LogP contribution in [-0.4, -0.2) is 45.4 Å². The van der Waals surface area contributed by atoms with E-state index in [2.05, 4.69) is 10.0 Å². The van der Waals surface area contributed by atoms with Crippen molar-refractivity contribution in [3.05, 3.63) is 59.2 Å². The molecule has 0 bridgehead atoms. The summed E-state index contributed by atoms with van der Waals surface area (Å²) in [6, 6.07) is 11.9. The average Bonchev–Trinajstić information content (AvgIpc) is 2.93. The van der Waals surface area contributed by atoms with E-state index in [-0.39, 0.29) is 23.2 Å². The summed E-state index contributed by atoms with van der Waals surface area (Å²) in [7, 11) is -3.68. The lowest BCUT2D eigenvalue weighted by Crippen LogP contribution is -2.34. The molecule has 0 aromatic heterocycles. The smallest absolute Gasteiger partial charge is 0.262 e. The third kappa shape index (κ3) is 5.25. The Morgan fingerprint density at radius 1 is 1.04 bits per heavy atom. The van der Waals surface area contributed by atoms with E-state index in [1.54, 1.807) is 43.3 Å². The van der Waals surface area contributed by atoms with Crippen molar-refractivity contribution < 1.29 is 13.2 Å². The Kier molecular flexibility index (Phi) is 7.46. The number of aryl methyl sites for hydroxylation is 2. The molecule has 1 aliphatic heterocycles. The number of carbonyl (C=O) groups excluding carboxylic acids is 1. The Hall–Kier alpha value is -2.09. The van der Waals surface area contributed by atoms with Gasteiger partial charge >= 0.3 is 0 Å². The molecule has 1 aliphatic rings. The van der Waals surface area contributed by atoms with Gasteiger partial charge in [-0.1, -0.05) is 12.1 Å². The van der Waals surface area contributed by atoms with Crippen LogP contribution in [-0.2, 0) is 10.0 Å². The van der Waals surface area contributed by atoms with Crippen molar-refractivity contribution in [2.24, 2.45) is 0 Å². The predicted molar refractivity (Wildman–Crippen MR) is 114 cm³/mol. The SMILES string of the molecule is Cc1ccc(C)c(S(=O)(=O)Nc2ccc(C(=O)N3CCCNCC3)cc2)c1.Cl. The van der Waals surface area contributed by atoms with Crippen LogP contribution in [0.4, 0.5) is 5.69 Å². The van der Waals surface area contributed by atoms with Crippen LogP contribution in [0.2, 0.25) is 0 Å². The summed E-state index contributed by atoms with van der Waals surface area (Å²) < 4.78 is 28.0. The van der Waals surface area contributed by atoms with Gasteiger partial charge in [-0.3, -0.25) is 9.52 Å². The molecule has 0 aliphatic carbocycles. The van der Waals surface area contributed by atoms with Gasteiger partial charge in [0, 0.05) is 30.9 Å². The fourth-order valence-corrected chi connectivity index (χ4v) is 4.51. The van der Waals surface area contributed by atoms with E-state index in [4.69, 9.17) is 0 Å². The first kappa shape index (κ1) is 22.2. The molecule has 0 unspecified atom stereocenters. The van der Waals surface area contributed by atoms with Crippen LogP contribution in [0.15, 0.2) is 47.4 Å². The average molecular weight is 424 g/mol. The second kappa shape index (κ2) is 9.41. The van der Waals surface area contributed by atoms with E-state index in [9.17, 15) is 13.2 Å². The number of nitrogens with zero attached hydrogens (tertiary/aromatic N) is 1. The van der Waals surface area contributed by atoms with Gasteiger partial charge < -0.3 is 10.2 Å². The highest BCUT2D eigenvalue weighted by Gasteiger charge is 2.19. The zero-order valence-electron chi connectivity index (χ0n) is 16.1. The van der Waals surface area contributed by atoms with Crippen molar-refractivity contribution >= 4 is 34.0 Å². The standard InChI is InChI=1S/C20H25N3O3S.ClH/c1-15-4-5-16(2)19(14-15)27(25,26)22-18-8-6-17(7-9-18)20(24)23-12-3-10-21-11-13-23;/h4-9,14,21-22H,3,10-13H2,1-2H3;1H.